The summed E-state index contributed by atoms with van der Waals surface area (Å²) >= 11 is 0. The molecule has 6 nitrogen and oxygen atoms in total. The number of nitrogen functional groups attached to an aromatic ring is 1. The second kappa shape index (κ2) is 4.61. The van der Waals surface area contributed by atoms with Gasteiger partial charge in [-0.2, -0.15) is 5.10 Å². The second-order valence-electron chi connectivity index (χ2n) is 5.13. The van der Waals surface area contributed by atoms with Gasteiger partial charge < -0.3 is 10.6 Å². The molecule has 3 rings (SSSR count). The summed E-state index contributed by atoms with van der Waals surface area (Å²) in [7, 11) is 0. The predicted molar refractivity (Wildman–Crippen MR) is 68.1 cm³/mol. The lowest BCUT2D eigenvalue weighted by atomic mass is 10.2. The Labute approximate surface area is 106 Å². The van der Waals surface area contributed by atoms with Crippen molar-refractivity contribution in [3.05, 3.63) is 11.8 Å². The number of rotatable bonds is 2. The summed E-state index contributed by atoms with van der Waals surface area (Å²) in [4.78, 5) is 16.7. The Balaban J connectivity index is 1.65. The van der Waals surface area contributed by atoms with Crippen LogP contribution in [-0.4, -0.2) is 58.1 Å². The minimum Gasteiger partial charge on any atom is -0.383 e. The van der Waals surface area contributed by atoms with Crippen LogP contribution in [0.5, 0.6) is 0 Å². The van der Waals surface area contributed by atoms with E-state index in [0.29, 0.717) is 17.4 Å². The molecule has 3 N–H and O–H groups in total. The molecule has 0 bridgehead atoms. The summed E-state index contributed by atoms with van der Waals surface area (Å²) in [6.45, 7) is 4.01. The average Bonchev–Trinajstić information content (AvgIpc) is 3.09. The van der Waals surface area contributed by atoms with Gasteiger partial charge in [-0.05, 0) is 32.4 Å². The number of carbonyl (C=O) groups is 1. The third-order valence-electron chi connectivity index (χ3n) is 4.01. The Kier molecular flexibility index (Phi) is 2.95. The molecule has 1 unspecified atom stereocenters. The standard InChI is InChI=1S/C12H19N5O/c13-11-10(7-14-15-11)12(18)17-6-3-9(8-17)16-4-1-2-5-16/h7,9H,1-6,8H2,(H3,13,14,15). The number of anilines is 1. The molecule has 0 aliphatic carbocycles. The van der Waals surface area contributed by atoms with Crippen LogP contribution in [0.3, 0.4) is 0 Å². The SMILES string of the molecule is Nc1[nH]ncc1C(=O)N1CCC(N2CCCC2)C1. The van der Waals surface area contributed by atoms with Gasteiger partial charge in [0.2, 0.25) is 0 Å². The third kappa shape index (κ3) is 1.96. The van der Waals surface area contributed by atoms with E-state index in [9.17, 15) is 4.79 Å². The molecule has 1 aromatic heterocycles. The summed E-state index contributed by atoms with van der Waals surface area (Å²) in [5, 5.41) is 6.41. The van der Waals surface area contributed by atoms with Crippen LogP contribution < -0.4 is 5.73 Å². The van der Waals surface area contributed by atoms with Gasteiger partial charge in [0.15, 0.2) is 0 Å². The Hall–Kier alpha value is -1.56. The molecule has 2 aliphatic heterocycles. The van der Waals surface area contributed by atoms with Gasteiger partial charge in [0.25, 0.3) is 5.91 Å². The fourth-order valence-electron chi connectivity index (χ4n) is 2.97. The van der Waals surface area contributed by atoms with Crippen LogP contribution in [-0.2, 0) is 0 Å². The highest BCUT2D eigenvalue weighted by molar-refractivity contribution is 5.98. The molecule has 98 valence electrons. The number of hydrogen-bond acceptors (Lipinski definition) is 4. The van der Waals surface area contributed by atoms with Gasteiger partial charge in [-0.15, -0.1) is 0 Å². The van der Waals surface area contributed by atoms with Gasteiger partial charge in [-0.3, -0.25) is 14.8 Å². The highest BCUT2D eigenvalue weighted by Crippen LogP contribution is 2.22. The van der Waals surface area contributed by atoms with Crippen molar-refractivity contribution in [2.75, 3.05) is 31.9 Å². The summed E-state index contributed by atoms with van der Waals surface area (Å²) in [6, 6.07) is 0.532. The number of nitrogens with two attached hydrogens (primary N) is 1. The Morgan fingerprint density at radius 2 is 2.17 bits per heavy atom. The third-order valence-corrected chi connectivity index (χ3v) is 4.01. The molecular formula is C12H19N5O. The molecule has 2 aliphatic rings. The predicted octanol–water partition coefficient (Wildman–Crippen LogP) is 0.302. The number of likely N-dealkylation sites (tertiary alicyclic amines) is 2. The van der Waals surface area contributed by atoms with E-state index in [1.807, 2.05) is 4.90 Å². The van der Waals surface area contributed by atoms with Crippen LogP contribution >= 0.6 is 0 Å². The molecule has 0 saturated carbocycles. The maximum Gasteiger partial charge on any atom is 0.259 e. The molecule has 0 spiro atoms. The first-order chi connectivity index (χ1) is 8.75. The van der Waals surface area contributed by atoms with E-state index in [1.54, 1.807) is 0 Å². The van der Waals surface area contributed by atoms with Crippen molar-refractivity contribution in [2.24, 2.45) is 0 Å². The van der Waals surface area contributed by atoms with E-state index >= 15 is 0 Å². The summed E-state index contributed by atoms with van der Waals surface area (Å²) in [5.41, 5.74) is 6.19. The molecule has 3 heterocycles. The van der Waals surface area contributed by atoms with Crippen LogP contribution in [0.15, 0.2) is 6.20 Å². The second-order valence-corrected chi connectivity index (χ2v) is 5.13. The van der Waals surface area contributed by atoms with Gasteiger partial charge in [0.1, 0.15) is 11.4 Å². The first-order valence-electron chi connectivity index (χ1n) is 6.58. The number of carbonyl (C=O) groups excluding carboxylic acids is 1. The smallest absolute Gasteiger partial charge is 0.259 e. The van der Waals surface area contributed by atoms with Crippen molar-refractivity contribution >= 4 is 11.7 Å². The van der Waals surface area contributed by atoms with Gasteiger partial charge >= 0.3 is 0 Å². The lowest BCUT2D eigenvalue weighted by Crippen LogP contribution is -2.37. The molecule has 2 fully saturated rings. The normalized spacial score (nSPS) is 24.9. The van der Waals surface area contributed by atoms with Gasteiger partial charge in [0.05, 0.1) is 6.20 Å². The highest BCUT2D eigenvalue weighted by atomic mass is 16.2. The van der Waals surface area contributed by atoms with E-state index in [-0.39, 0.29) is 5.91 Å². The highest BCUT2D eigenvalue weighted by Gasteiger charge is 2.32. The van der Waals surface area contributed by atoms with Crippen molar-refractivity contribution < 1.29 is 4.79 Å². The summed E-state index contributed by atoms with van der Waals surface area (Å²) in [6.07, 6.45) is 5.17. The fourth-order valence-corrected chi connectivity index (χ4v) is 2.97. The van der Waals surface area contributed by atoms with Gasteiger partial charge in [-0.25, -0.2) is 0 Å². The fraction of sp³-hybridized carbons (Fsp3) is 0.667. The van der Waals surface area contributed by atoms with Crippen molar-refractivity contribution in [3.8, 4) is 0 Å². The molecule has 1 atom stereocenters. The van der Waals surface area contributed by atoms with Crippen molar-refractivity contribution in [1.29, 1.82) is 0 Å². The zero-order valence-corrected chi connectivity index (χ0v) is 10.4. The van der Waals surface area contributed by atoms with E-state index in [2.05, 4.69) is 15.1 Å². The minimum absolute atomic E-state index is 0.00273. The number of nitrogens with one attached hydrogen (secondary N) is 1. The average molecular weight is 249 g/mol. The number of aromatic nitrogens is 2. The largest absolute Gasteiger partial charge is 0.383 e. The first-order valence-corrected chi connectivity index (χ1v) is 6.58. The number of H-pyrrole nitrogens is 1. The quantitative estimate of drug-likeness (QED) is 0.790. The zero-order chi connectivity index (χ0) is 12.5. The Morgan fingerprint density at radius 3 is 2.83 bits per heavy atom. The van der Waals surface area contributed by atoms with Crippen LogP contribution in [0.2, 0.25) is 0 Å². The molecule has 2 saturated heterocycles. The van der Waals surface area contributed by atoms with Crippen molar-refractivity contribution in [2.45, 2.75) is 25.3 Å². The lowest BCUT2D eigenvalue weighted by molar-refractivity contribution is 0.0781. The van der Waals surface area contributed by atoms with Crippen LogP contribution in [0.1, 0.15) is 29.6 Å². The Bertz CT molecular complexity index is 437. The summed E-state index contributed by atoms with van der Waals surface area (Å²) < 4.78 is 0. The summed E-state index contributed by atoms with van der Waals surface area (Å²) in [5.74, 6) is 0.368. The number of nitrogens with zero attached hydrogens (tertiary/aromatic N) is 3. The van der Waals surface area contributed by atoms with Crippen LogP contribution in [0.4, 0.5) is 5.82 Å². The number of amides is 1. The maximum absolute atomic E-state index is 12.3. The monoisotopic (exact) mass is 249 g/mol. The minimum atomic E-state index is 0.00273. The topological polar surface area (TPSA) is 78.2 Å². The molecule has 1 aromatic rings. The van der Waals surface area contributed by atoms with Gasteiger partial charge in [0, 0.05) is 19.1 Å². The molecule has 0 radical (unpaired) electrons. The van der Waals surface area contributed by atoms with E-state index < -0.39 is 0 Å². The van der Waals surface area contributed by atoms with E-state index in [1.165, 1.54) is 32.1 Å². The Morgan fingerprint density at radius 1 is 1.39 bits per heavy atom. The lowest BCUT2D eigenvalue weighted by Gasteiger charge is -2.23. The van der Waals surface area contributed by atoms with E-state index in [0.717, 1.165) is 19.5 Å². The van der Waals surface area contributed by atoms with Gasteiger partial charge in [-0.1, -0.05) is 0 Å². The first kappa shape index (κ1) is 11.5. The molecular weight excluding hydrogens is 230 g/mol. The maximum atomic E-state index is 12.3. The van der Waals surface area contributed by atoms with Crippen LogP contribution in [0, 0.1) is 0 Å². The number of hydrogen-bond donors (Lipinski definition) is 2. The number of aromatic amines is 1. The van der Waals surface area contributed by atoms with Crippen LogP contribution in [0.25, 0.3) is 0 Å². The molecule has 0 aromatic carbocycles. The zero-order valence-electron chi connectivity index (χ0n) is 10.4. The van der Waals surface area contributed by atoms with Crippen molar-refractivity contribution in [1.82, 2.24) is 20.0 Å². The molecule has 1 amide bonds. The molecule has 6 heteroatoms. The van der Waals surface area contributed by atoms with Crippen molar-refractivity contribution in [3.63, 3.8) is 0 Å². The molecule has 18 heavy (non-hydrogen) atoms. The van der Waals surface area contributed by atoms with E-state index in [4.69, 9.17) is 5.73 Å².